The Labute approximate surface area is 121 Å². The van der Waals surface area contributed by atoms with Gasteiger partial charge in [-0.1, -0.05) is 0 Å². The SMILES string of the molecule is [O-][Cl+][O-].[O-][Cl+][O-].[O-][Cl+][O-].[O-][Cl+][O-].[Th+4]. The van der Waals surface area contributed by atoms with Crippen LogP contribution in [0.1, 0.15) is 0 Å². The molecule has 0 aromatic heterocycles. The Morgan fingerprint density at radius 1 is 0.385 bits per heavy atom. The smallest absolute Gasteiger partial charge is 0.544 e. The Hall–Kier alpha value is 2.16. The monoisotopic (exact) mass is 500 g/mol. The molecule has 13 heavy (non-hydrogen) atoms. The van der Waals surface area contributed by atoms with E-state index in [1.807, 2.05) is 0 Å². The molecule has 80 valence electrons. The van der Waals surface area contributed by atoms with Crippen molar-refractivity contribution in [3.63, 3.8) is 0 Å². The molecule has 0 aliphatic carbocycles. The molecule has 0 rings (SSSR count). The quantitative estimate of drug-likeness (QED) is 0.313. The summed E-state index contributed by atoms with van der Waals surface area (Å²) < 4.78 is 65.9. The molecule has 0 aliphatic heterocycles. The largest absolute Gasteiger partial charge is 4.00 e. The second-order valence-corrected chi connectivity index (χ2v) is 0.756. The predicted octanol–water partition coefficient (Wildman–Crippen LogP) is -9.51. The van der Waals surface area contributed by atoms with Crippen molar-refractivity contribution in [1.82, 2.24) is 0 Å². The summed E-state index contributed by atoms with van der Waals surface area (Å²) in [5.41, 5.74) is 0. The van der Waals surface area contributed by atoms with Crippen molar-refractivity contribution < 1.29 is 123 Å². The van der Waals surface area contributed by atoms with Gasteiger partial charge in [-0.15, -0.1) is 0 Å². The molecule has 13 heteroatoms. The van der Waals surface area contributed by atoms with Gasteiger partial charge in [0.05, 0.1) is 45.3 Å². The van der Waals surface area contributed by atoms with Crippen molar-refractivity contribution in [2.45, 2.75) is 0 Å². The van der Waals surface area contributed by atoms with Crippen LogP contribution < -0.4 is 37.3 Å². The minimum atomic E-state index is -0.417. The summed E-state index contributed by atoms with van der Waals surface area (Å²) in [7, 11) is 0. The van der Waals surface area contributed by atoms with Crippen LogP contribution in [0.3, 0.4) is 0 Å². The second-order valence-electron chi connectivity index (χ2n) is 0.252. The van der Waals surface area contributed by atoms with E-state index >= 15 is 0 Å². The van der Waals surface area contributed by atoms with E-state index in [9.17, 15) is 0 Å². The van der Waals surface area contributed by atoms with Gasteiger partial charge in [0.1, 0.15) is 0 Å². The van der Waals surface area contributed by atoms with Crippen LogP contribution in [0.2, 0.25) is 0 Å². The maximum atomic E-state index is 8.24. The summed E-state index contributed by atoms with van der Waals surface area (Å²) in [6.07, 6.45) is 0. The fourth-order valence-corrected chi connectivity index (χ4v) is 0. The summed E-state index contributed by atoms with van der Waals surface area (Å²) in [5.74, 6) is 0. The molecule has 0 heterocycles. The van der Waals surface area contributed by atoms with Crippen LogP contribution in [0.4, 0.5) is 0 Å². The number of halogens is 4. The molecule has 0 fully saturated rings. The average Bonchev–Trinajstić information content (AvgIpc) is 1.92. The Kier molecular flexibility index (Phi) is 146. The van der Waals surface area contributed by atoms with Gasteiger partial charge in [-0.05, 0) is 0 Å². The molecule has 0 amide bonds. The summed E-state index contributed by atoms with van der Waals surface area (Å²) >= 11 is -1.67. The number of rotatable bonds is 0. The molecular formula is Cl4O8Th. The Morgan fingerprint density at radius 3 is 0.385 bits per heavy atom. The maximum Gasteiger partial charge on any atom is 4.00 e. The van der Waals surface area contributed by atoms with Gasteiger partial charge < -0.3 is 37.3 Å². The van der Waals surface area contributed by atoms with Crippen molar-refractivity contribution >= 4 is 0 Å². The van der Waals surface area contributed by atoms with E-state index in [0.29, 0.717) is 0 Å². The molecular weight excluding hydrogens is 502 g/mol. The molecule has 0 aromatic carbocycles. The first-order valence-corrected chi connectivity index (χ1v) is 3.70. The first kappa shape index (κ1) is 29.4. The van der Waals surface area contributed by atoms with Crippen LogP contribution in [0, 0.1) is 85.2 Å². The first-order valence-electron chi connectivity index (χ1n) is 1.23. The molecule has 0 atom stereocenters. The fourth-order valence-electron chi connectivity index (χ4n) is 0. The third-order valence-electron chi connectivity index (χ3n) is 0. The third kappa shape index (κ3) is 447. The van der Waals surface area contributed by atoms with Crippen molar-refractivity contribution in [1.29, 1.82) is 0 Å². The fraction of sp³-hybridized carbons (Fsp3) is 0. The van der Waals surface area contributed by atoms with Gasteiger partial charge in [-0.25, -0.2) is 0 Å². The van der Waals surface area contributed by atoms with E-state index in [-0.39, 0.29) is 39.9 Å². The van der Waals surface area contributed by atoms with Crippen LogP contribution in [-0.2, 0) is 0 Å². The van der Waals surface area contributed by atoms with Crippen molar-refractivity contribution in [2.75, 3.05) is 0 Å². The zero-order chi connectivity index (χ0) is 10.8. The zero-order valence-electron chi connectivity index (χ0n) is 5.28. The molecule has 0 bridgehead atoms. The van der Waals surface area contributed by atoms with Gasteiger partial charge in [-0.2, -0.15) is 0 Å². The van der Waals surface area contributed by atoms with Crippen molar-refractivity contribution in [3.05, 3.63) is 0 Å². The summed E-state index contributed by atoms with van der Waals surface area (Å²) in [6.45, 7) is 0. The molecule has 0 aliphatic rings. The molecule has 0 unspecified atom stereocenters. The molecule has 8 nitrogen and oxygen atoms in total. The normalized spacial score (nSPS) is 5.54. The van der Waals surface area contributed by atoms with Gasteiger partial charge in [0, 0.05) is 0 Å². The average molecular weight is 502 g/mol. The van der Waals surface area contributed by atoms with Crippen LogP contribution in [0.5, 0.6) is 0 Å². The van der Waals surface area contributed by atoms with Crippen LogP contribution in [-0.4, -0.2) is 0 Å². The predicted molar refractivity (Wildman–Crippen MR) is 0 cm³/mol. The molecule has 0 aromatic rings. The zero-order valence-corrected chi connectivity index (χ0v) is 12.4. The van der Waals surface area contributed by atoms with Gasteiger partial charge in [0.25, 0.3) is 0 Å². The topological polar surface area (TPSA) is 184 Å². The molecule has 0 radical (unpaired) electrons. The standard InChI is InChI=1S/4ClO2.Th/c4*2-1-3;/q4*-1;+4. The Bertz CT molecular complexity index is 24.1. The van der Waals surface area contributed by atoms with Crippen LogP contribution in [0.15, 0.2) is 0 Å². The number of hydrogen-bond donors (Lipinski definition) is 0. The van der Waals surface area contributed by atoms with E-state index in [4.69, 9.17) is 37.3 Å². The second kappa shape index (κ2) is 64.6. The minimum absolute atomic E-state index is 0. The molecule has 0 spiro atoms. The van der Waals surface area contributed by atoms with Gasteiger partial charge in [-0.3, -0.25) is 0 Å². The minimum Gasteiger partial charge on any atom is -0.544 e. The van der Waals surface area contributed by atoms with E-state index < -0.39 is 45.3 Å². The summed E-state index contributed by atoms with van der Waals surface area (Å²) in [6, 6.07) is 0. The summed E-state index contributed by atoms with van der Waals surface area (Å²) in [5, 5.41) is 0. The molecule has 0 saturated carbocycles. The van der Waals surface area contributed by atoms with Crippen LogP contribution in [0.25, 0.3) is 0 Å². The number of hydrogen-bond acceptors (Lipinski definition) is 8. The first-order chi connectivity index (χ1) is 5.66. The van der Waals surface area contributed by atoms with E-state index in [2.05, 4.69) is 0 Å². The Morgan fingerprint density at radius 2 is 0.385 bits per heavy atom. The van der Waals surface area contributed by atoms with Gasteiger partial charge >= 0.3 is 39.9 Å². The van der Waals surface area contributed by atoms with Gasteiger partial charge in [0.2, 0.25) is 0 Å². The maximum absolute atomic E-state index is 8.24. The van der Waals surface area contributed by atoms with Crippen molar-refractivity contribution in [3.8, 4) is 0 Å². The molecule has 0 N–H and O–H groups in total. The summed E-state index contributed by atoms with van der Waals surface area (Å²) in [4.78, 5) is 0. The Balaban J connectivity index is -0.0000000213. The van der Waals surface area contributed by atoms with E-state index in [0.717, 1.165) is 0 Å². The van der Waals surface area contributed by atoms with Gasteiger partial charge in [0.15, 0.2) is 0 Å². The van der Waals surface area contributed by atoms with Crippen molar-refractivity contribution in [2.24, 2.45) is 0 Å². The molecule has 0 saturated heterocycles. The van der Waals surface area contributed by atoms with E-state index in [1.165, 1.54) is 0 Å². The van der Waals surface area contributed by atoms with Crippen LogP contribution >= 0.6 is 0 Å². The third-order valence-corrected chi connectivity index (χ3v) is 0. The van der Waals surface area contributed by atoms with E-state index in [1.54, 1.807) is 0 Å².